The summed E-state index contributed by atoms with van der Waals surface area (Å²) in [5.74, 6) is 0. The molecule has 2 nitrogen and oxygen atoms in total. The van der Waals surface area contributed by atoms with Crippen LogP contribution in [0.15, 0.2) is 24.4 Å². The molecule has 0 saturated carbocycles. The van der Waals surface area contributed by atoms with E-state index in [1.54, 1.807) is 6.08 Å². The van der Waals surface area contributed by atoms with Crippen molar-refractivity contribution in [3.8, 4) is 6.07 Å². The Labute approximate surface area is 84.9 Å². The molecule has 0 amide bonds. The molecule has 14 heavy (non-hydrogen) atoms. The highest BCUT2D eigenvalue weighted by Crippen LogP contribution is 2.05. The monoisotopic (exact) mass is 186 g/mol. The van der Waals surface area contributed by atoms with Crippen LogP contribution in [0.3, 0.4) is 0 Å². The zero-order valence-electron chi connectivity index (χ0n) is 8.40. The lowest BCUT2D eigenvalue weighted by molar-refractivity contribution is 0.792. The minimum atomic E-state index is 0.840. The van der Waals surface area contributed by atoms with Gasteiger partial charge in [-0.1, -0.05) is 19.4 Å². The lowest BCUT2D eigenvalue weighted by atomic mass is 10.1. The molecule has 1 rings (SSSR count). The molecule has 1 heterocycles. The summed E-state index contributed by atoms with van der Waals surface area (Å²) in [5, 5.41) is 8.33. The number of rotatable bonds is 4. The van der Waals surface area contributed by atoms with E-state index in [9.17, 15) is 0 Å². The number of allylic oxidation sites excluding steroid dienone is 1. The Morgan fingerprint density at radius 1 is 1.50 bits per heavy atom. The molecule has 1 aromatic rings. The molecular formula is C12H14N2. The molecule has 0 atom stereocenters. The molecule has 0 N–H and O–H groups in total. The first-order chi connectivity index (χ1) is 6.86. The van der Waals surface area contributed by atoms with Gasteiger partial charge >= 0.3 is 0 Å². The minimum absolute atomic E-state index is 0.840. The van der Waals surface area contributed by atoms with Gasteiger partial charge in [-0.25, -0.2) is 0 Å². The van der Waals surface area contributed by atoms with Gasteiger partial charge in [-0.2, -0.15) is 5.26 Å². The average Bonchev–Trinajstić information content (AvgIpc) is 2.25. The van der Waals surface area contributed by atoms with E-state index in [0.717, 1.165) is 12.1 Å². The van der Waals surface area contributed by atoms with Crippen LogP contribution in [0, 0.1) is 11.3 Å². The molecule has 0 radical (unpaired) electrons. The van der Waals surface area contributed by atoms with Crippen LogP contribution in [-0.4, -0.2) is 4.98 Å². The number of aromatic nitrogens is 1. The van der Waals surface area contributed by atoms with E-state index in [1.165, 1.54) is 24.5 Å². The third-order valence-corrected chi connectivity index (χ3v) is 2.00. The van der Waals surface area contributed by atoms with Crippen molar-refractivity contribution in [3.63, 3.8) is 0 Å². The van der Waals surface area contributed by atoms with E-state index in [-0.39, 0.29) is 0 Å². The second-order valence-electron chi connectivity index (χ2n) is 3.16. The molecule has 72 valence electrons. The fourth-order valence-electron chi connectivity index (χ4n) is 1.19. The second-order valence-corrected chi connectivity index (χ2v) is 3.16. The summed E-state index contributed by atoms with van der Waals surface area (Å²) in [4.78, 5) is 4.23. The lowest BCUT2D eigenvalue weighted by Gasteiger charge is -1.98. The number of aryl methyl sites for hydroxylation is 1. The standard InChI is InChI=1S/C12H14N2/c1-2-3-5-11-7-8-12(14-10-11)6-4-9-13/h4,6-8,10H,2-3,5H2,1H3/b6-4-. The Morgan fingerprint density at radius 3 is 2.93 bits per heavy atom. The van der Waals surface area contributed by atoms with Crippen molar-refractivity contribution in [3.05, 3.63) is 35.7 Å². The van der Waals surface area contributed by atoms with Gasteiger partial charge in [0.05, 0.1) is 11.8 Å². The highest BCUT2D eigenvalue weighted by Gasteiger charge is 1.92. The van der Waals surface area contributed by atoms with Gasteiger partial charge in [0.15, 0.2) is 0 Å². The summed E-state index contributed by atoms with van der Waals surface area (Å²) in [6.45, 7) is 2.18. The number of unbranched alkanes of at least 4 members (excludes halogenated alkanes) is 1. The average molecular weight is 186 g/mol. The van der Waals surface area contributed by atoms with Gasteiger partial charge in [0.25, 0.3) is 0 Å². The number of nitrogens with zero attached hydrogens (tertiary/aromatic N) is 2. The Bertz CT molecular complexity index is 330. The van der Waals surface area contributed by atoms with Crippen LogP contribution >= 0.6 is 0 Å². The first kappa shape index (κ1) is 10.5. The van der Waals surface area contributed by atoms with Gasteiger partial charge < -0.3 is 0 Å². The number of hydrogen-bond acceptors (Lipinski definition) is 2. The first-order valence-electron chi connectivity index (χ1n) is 4.88. The van der Waals surface area contributed by atoms with Crippen molar-refractivity contribution >= 4 is 6.08 Å². The van der Waals surface area contributed by atoms with Crippen LogP contribution in [0.1, 0.15) is 31.0 Å². The van der Waals surface area contributed by atoms with Gasteiger partial charge in [0.2, 0.25) is 0 Å². The third-order valence-electron chi connectivity index (χ3n) is 2.00. The molecule has 2 heteroatoms. The van der Waals surface area contributed by atoms with Crippen molar-refractivity contribution in [1.29, 1.82) is 5.26 Å². The first-order valence-corrected chi connectivity index (χ1v) is 4.88. The molecular weight excluding hydrogens is 172 g/mol. The molecule has 0 aliphatic heterocycles. The number of hydrogen-bond donors (Lipinski definition) is 0. The highest BCUT2D eigenvalue weighted by atomic mass is 14.7. The quantitative estimate of drug-likeness (QED) is 0.678. The fourth-order valence-corrected chi connectivity index (χ4v) is 1.19. The minimum Gasteiger partial charge on any atom is -0.257 e. The summed E-state index contributed by atoms with van der Waals surface area (Å²) in [5.41, 5.74) is 2.10. The van der Waals surface area contributed by atoms with Crippen LogP contribution < -0.4 is 0 Å². The van der Waals surface area contributed by atoms with Gasteiger partial charge in [0, 0.05) is 12.3 Å². The van der Waals surface area contributed by atoms with Crippen LogP contribution in [-0.2, 0) is 6.42 Å². The van der Waals surface area contributed by atoms with Crippen molar-refractivity contribution in [1.82, 2.24) is 4.98 Å². The molecule has 0 spiro atoms. The van der Waals surface area contributed by atoms with Crippen LogP contribution in [0.5, 0.6) is 0 Å². The van der Waals surface area contributed by atoms with Gasteiger partial charge in [-0.05, 0) is 30.5 Å². The molecule has 0 saturated heterocycles. The third kappa shape index (κ3) is 3.40. The molecule has 0 unspecified atom stereocenters. The highest BCUT2D eigenvalue weighted by molar-refractivity contribution is 5.47. The van der Waals surface area contributed by atoms with Crippen molar-refractivity contribution in [2.24, 2.45) is 0 Å². The zero-order valence-corrected chi connectivity index (χ0v) is 8.40. The Kier molecular flexibility index (Phi) is 4.43. The smallest absolute Gasteiger partial charge is 0.0912 e. The zero-order chi connectivity index (χ0) is 10.2. The van der Waals surface area contributed by atoms with Crippen LogP contribution in [0.2, 0.25) is 0 Å². The Balaban J connectivity index is 2.60. The summed E-state index contributed by atoms with van der Waals surface area (Å²) in [7, 11) is 0. The Hall–Kier alpha value is -1.62. The predicted molar refractivity (Wildman–Crippen MR) is 57.5 cm³/mol. The van der Waals surface area contributed by atoms with Gasteiger partial charge in [0.1, 0.15) is 0 Å². The van der Waals surface area contributed by atoms with Crippen LogP contribution in [0.25, 0.3) is 6.08 Å². The summed E-state index contributed by atoms with van der Waals surface area (Å²) >= 11 is 0. The fraction of sp³-hybridized carbons (Fsp3) is 0.333. The molecule has 1 aromatic heterocycles. The molecule has 0 bridgehead atoms. The van der Waals surface area contributed by atoms with E-state index in [1.807, 2.05) is 18.3 Å². The maximum absolute atomic E-state index is 8.33. The topological polar surface area (TPSA) is 36.7 Å². The largest absolute Gasteiger partial charge is 0.257 e. The maximum Gasteiger partial charge on any atom is 0.0912 e. The van der Waals surface area contributed by atoms with Crippen molar-refractivity contribution in [2.45, 2.75) is 26.2 Å². The summed E-state index contributed by atoms with van der Waals surface area (Å²) in [6.07, 6.45) is 8.53. The SMILES string of the molecule is CCCCc1ccc(/C=C\C#N)nc1. The van der Waals surface area contributed by atoms with Gasteiger partial charge in [-0.3, -0.25) is 4.98 Å². The van der Waals surface area contributed by atoms with E-state index in [0.29, 0.717) is 0 Å². The second kappa shape index (κ2) is 5.93. The van der Waals surface area contributed by atoms with E-state index in [2.05, 4.69) is 18.0 Å². The van der Waals surface area contributed by atoms with Gasteiger partial charge in [-0.15, -0.1) is 0 Å². The normalized spacial score (nSPS) is 10.3. The van der Waals surface area contributed by atoms with Crippen molar-refractivity contribution in [2.75, 3.05) is 0 Å². The van der Waals surface area contributed by atoms with E-state index < -0.39 is 0 Å². The van der Waals surface area contributed by atoms with E-state index in [4.69, 9.17) is 5.26 Å². The molecule has 0 aliphatic rings. The molecule has 0 aliphatic carbocycles. The van der Waals surface area contributed by atoms with E-state index >= 15 is 0 Å². The predicted octanol–water partition coefficient (Wildman–Crippen LogP) is 2.96. The number of pyridine rings is 1. The lowest BCUT2D eigenvalue weighted by Crippen LogP contribution is -1.87. The van der Waals surface area contributed by atoms with Crippen LogP contribution in [0.4, 0.5) is 0 Å². The summed E-state index contributed by atoms with van der Waals surface area (Å²) in [6, 6.07) is 5.96. The maximum atomic E-state index is 8.33. The molecule has 0 fully saturated rings. The molecule has 0 aromatic carbocycles. The summed E-state index contributed by atoms with van der Waals surface area (Å²) < 4.78 is 0. The Morgan fingerprint density at radius 2 is 2.36 bits per heavy atom. The van der Waals surface area contributed by atoms with Crippen molar-refractivity contribution < 1.29 is 0 Å². The number of nitriles is 1.